The number of aliphatic hydroxyl groups excluding tert-OH is 1. The van der Waals surface area contributed by atoms with Gasteiger partial charge in [0.1, 0.15) is 29.9 Å². The number of primary amides is 1. The van der Waals surface area contributed by atoms with Crippen LogP contribution in [0.25, 0.3) is 0 Å². The van der Waals surface area contributed by atoms with Gasteiger partial charge in [0.05, 0.1) is 19.2 Å². The van der Waals surface area contributed by atoms with Crippen molar-refractivity contribution in [3.63, 3.8) is 0 Å². The largest absolute Gasteiger partial charge is 0.491 e. The van der Waals surface area contributed by atoms with Gasteiger partial charge in [0.15, 0.2) is 17.3 Å². The second kappa shape index (κ2) is 10.2. The number of hydrogen-bond donors (Lipinski definition) is 2. The zero-order valence-electron chi connectivity index (χ0n) is 19.5. The van der Waals surface area contributed by atoms with E-state index in [-0.39, 0.29) is 12.2 Å². The standard InChI is InChI=1S/C24H28N6O4S/c1-33-21-18(34-14-15(31)13-29-9-11-35-12-10-29)5-4-17-19(21)28-24(30-8-7-27-23(17)30)20-16(22(25)32)3-2-6-26-20/h2-6,15,31H,7-14H2,1H3,(H2,25,32). The Morgan fingerprint density at radius 1 is 1.23 bits per heavy atom. The molecule has 1 saturated heterocycles. The summed E-state index contributed by atoms with van der Waals surface area (Å²) in [7, 11) is 1.55. The number of nitrogens with two attached hydrogens (primary N) is 1. The van der Waals surface area contributed by atoms with Gasteiger partial charge in [-0.15, -0.1) is 0 Å². The van der Waals surface area contributed by atoms with Crippen molar-refractivity contribution in [2.24, 2.45) is 15.7 Å². The van der Waals surface area contributed by atoms with Crippen molar-refractivity contribution < 1.29 is 19.4 Å². The minimum absolute atomic E-state index is 0.133. The molecule has 4 heterocycles. The first-order chi connectivity index (χ1) is 17.1. The lowest BCUT2D eigenvalue weighted by Gasteiger charge is -2.29. The fourth-order valence-corrected chi connectivity index (χ4v) is 5.47. The van der Waals surface area contributed by atoms with Crippen molar-refractivity contribution in [2.45, 2.75) is 6.10 Å². The number of amides is 1. The molecule has 1 fully saturated rings. The number of hydrogen-bond acceptors (Lipinski definition) is 10. The molecule has 3 N–H and O–H groups in total. The third-order valence-corrected chi connectivity index (χ3v) is 7.09. The summed E-state index contributed by atoms with van der Waals surface area (Å²) in [5, 5.41) is 10.5. The highest BCUT2D eigenvalue weighted by molar-refractivity contribution is 7.99. The maximum Gasteiger partial charge on any atom is 0.251 e. The third kappa shape index (κ3) is 4.71. The topological polar surface area (TPSA) is 126 Å². The van der Waals surface area contributed by atoms with Gasteiger partial charge in [-0.05, 0) is 24.3 Å². The number of aromatic nitrogens is 1. The Kier molecular flexibility index (Phi) is 6.89. The van der Waals surface area contributed by atoms with Crippen molar-refractivity contribution in [1.82, 2.24) is 14.8 Å². The second-order valence-corrected chi connectivity index (χ2v) is 9.65. The summed E-state index contributed by atoms with van der Waals surface area (Å²) in [6.07, 6.45) is 0.977. The average molecular weight is 497 g/mol. The number of nitrogens with zero attached hydrogens (tertiary/aromatic N) is 5. The number of carbonyl (C=O) groups is 1. The van der Waals surface area contributed by atoms with E-state index in [0.717, 1.165) is 36.0 Å². The number of fused-ring (bicyclic) bond motifs is 3. The van der Waals surface area contributed by atoms with Gasteiger partial charge in [0.2, 0.25) is 0 Å². The number of methoxy groups -OCH3 is 1. The van der Waals surface area contributed by atoms with Crippen LogP contribution in [0.4, 0.5) is 5.69 Å². The van der Waals surface area contributed by atoms with Gasteiger partial charge in [-0.1, -0.05) is 0 Å². The minimum atomic E-state index is -0.626. The number of ether oxygens (including phenoxy) is 2. The molecule has 1 aromatic carbocycles. The van der Waals surface area contributed by atoms with Crippen LogP contribution in [-0.2, 0) is 0 Å². The molecule has 35 heavy (non-hydrogen) atoms. The first-order valence-electron chi connectivity index (χ1n) is 11.5. The van der Waals surface area contributed by atoms with Crippen LogP contribution in [0.5, 0.6) is 11.5 Å². The van der Waals surface area contributed by atoms with Crippen molar-refractivity contribution in [1.29, 1.82) is 0 Å². The first kappa shape index (κ1) is 23.6. The van der Waals surface area contributed by atoms with Crippen LogP contribution < -0.4 is 15.2 Å². The van der Waals surface area contributed by atoms with Crippen LogP contribution in [0.2, 0.25) is 0 Å². The van der Waals surface area contributed by atoms with Gasteiger partial charge in [0.25, 0.3) is 5.91 Å². The molecule has 184 valence electrons. The zero-order valence-corrected chi connectivity index (χ0v) is 20.3. The summed E-state index contributed by atoms with van der Waals surface area (Å²) in [4.78, 5) is 30.2. The molecule has 0 bridgehead atoms. The number of benzene rings is 1. The highest BCUT2D eigenvalue weighted by Crippen LogP contribution is 2.44. The lowest BCUT2D eigenvalue weighted by Crippen LogP contribution is -2.40. The van der Waals surface area contributed by atoms with Gasteiger partial charge >= 0.3 is 0 Å². The number of thioether (sulfide) groups is 1. The summed E-state index contributed by atoms with van der Waals surface area (Å²) < 4.78 is 11.7. The number of aliphatic hydroxyl groups is 1. The minimum Gasteiger partial charge on any atom is -0.491 e. The monoisotopic (exact) mass is 496 g/mol. The van der Waals surface area contributed by atoms with Gasteiger partial charge < -0.3 is 25.2 Å². The van der Waals surface area contributed by atoms with Crippen LogP contribution in [0.15, 0.2) is 40.4 Å². The van der Waals surface area contributed by atoms with Crippen LogP contribution in [0, 0.1) is 0 Å². The van der Waals surface area contributed by atoms with Crippen molar-refractivity contribution >= 4 is 35.0 Å². The zero-order chi connectivity index (χ0) is 24.4. The Labute approximate surface area is 207 Å². The SMILES string of the molecule is COc1c(OCC(O)CN2CCSCC2)ccc2c1N=C(c1ncccc1C(N)=O)N1CCN=C21. The summed E-state index contributed by atoms with van der Waals surface area (Å²) in [5.41, 5.74) is 7.63. The Morgan fingerprint density at radius 3 is 2.83 bits per heavy atom. The molecule has 2 aromatic rings. The van der Waals surface area contributed by atoms with Crippen molar-refractivity contribution in [3.8, 4) is 11.5 Å². The number of pyridine rings is 1. The van der Waals surface area contributed by atoms with Crippen LogP contribution in [-0.4, -0.2) is 102 Å². The predicted molar refractivity (Wildman–Crippen MR) is 135 cm³/mol. The summed E-state index contributed by atoms with van der Waals surface area (Å²) in [6, 6.07) is 7.01. The Hall–Kier alpha value is -3.15. The quantitative estimate of drug-likeness (QED) is 0.557. The fraction of sp³-hybridized carbons (Fsp3) is 0.417. The summed E-state index contributed by atoms with van der Waals surface area (Å²) in [5.74, 6) is 3.73. The van der Waals surface area contributed by atoms with Gasteiger partial charge in [0, 0.05) is 49.4 Å². The maximum absolute atomic E-state index is 12.1. The number of carbonyl (C=O) groups excluding carboxylic acids is 1. The van der Waals surface area contributed by atoms with E-state index in [1.54, 1.807) is 25.4 Å². The maximum atomic E-state index is 12.1. The highest BCUT2D eigenvalue weighted by Gasteiger charge is 2.35. The third-order valence-electron chi connectivity index (χ3n) is 6.14. The molecule has 3 aliphatic heterocycles. The molecule has 10 nitrogen and oxygen atoms in total. The molecular weight excluding hydrogens is 468 g/mol. The number of rotatable bonds is 8. The molecule has 1 atom stereocenters. The molecule has 0 radical (unpaired) electrons. The van der Waals surface area contributed by atoms with Crippen LogP contribution >= 0.6 is 11.8 Å². The molecule has 3 aliphatic rings. The molecule has 1 unspecified atom stereocenters. The van der Waals surface area contributed by atoms with Crippen molar-refractivity contribution in [3.05, 3.63) is 47.3 Å². The summed E-state index contributed by atoms with van der Waals surface area (Å²) in [6.45, 7) is 3.85. The highest BCUT2D eigenvalue weighted by atomic mass is 32.2. The van der Waals surface area contributed by atoms with Gasteiger partial charge in [-0.3, -0.25) is 19.7 Å². The van der Waals surface area contributed by atoms with E-state index in [1.165, 1.54) is 0 Å². The molecule has 5 rings (SSSR count). The van der Waals surface area contributed by atoms with Crippen LogP contribution in [0.3, 0.4) is 0 Å². The smallest absolute Gasteiger partial charge is 0.251 e. The molecule has 0 spiro atoms. The van der Waals surface area contributed by atoms with E-state index >= 15 is 0 Å². The fourth-order valence-electron chi connectivity index (χ4n) is 4.49. The molecule has 0 aliphatic carbocycles. The van der Waals surface area contributed by atoms with Crippen LogP contribution in [0.1, 0.15) is 21.6 Å². The van der Waals surface area contributed by atoms with E-state index < -0.39 is 12.0 Å². The normalized spacial score (nSPS) is 18.3. The number of aliphatic imine (C=N–C) groups is 2. The second-order valence-electron chi connectivity index (χ2n) is 8.43. The van der Waals surface area contributed by atoms with E-state index in [9.17, 15) is 9.90 Å². The van der Waals surface area contributed by atoms with E-state index in [1.807, 2.05) is 28.8 Å². The number of β-amino-alcohol motifs (C(OH)–C–C–N with tert-alkyl or cyclic N) is 1. The molecule has 0 saturated carbocycles. The lowest BCUT2D eigenvalue weighted by molar-refractivity contribution is 0.0705. The van der Waals surface area contributed by atoms with E-state index in [2.05, 4.69) is 14.9 Å². The molecule has 1 aromatic heterocycles. The number of amidine groups is 2. The van der Waals surface area contributed by atoms with E-state index in [0.29, 0.717) is 48.4 Å². The van der Waals surface area contributed by atoms with Crippen molar-refractivity contribution in [2.75, 3.05) is 57.9 Å². The molecule has 11 heteroatoms. The Morgan fingerprint density at radius 2 is 2.06 bits per heavy atom. The Bertz CT molecular complexity index is 1180. The average Bonchev–Trinajstić information content (AvgIpc) is 3.37. The predicted octanol–water partition coefficient (Wildman–Crippen LogP) is 1.13. The lowest BCUT2D eigenvalue weighted by atomic mass is 10.1. The van der Waals surface area contributed by atoms with Gasteiger partial charge in [-0.2, -0.15) is 11.8 Å². The van der Waals surface area contributed by atoms with Gasteiger partial charge in [-0.25, -0.2) is 4.99 Å². The molecular formula is C24H28N6O4S. The Balaban J connectivity index is 1.46. The molecule has 1 amide bonds. The van der Waals surface area contributed by atoms with E-state index in [4.69, 9.17) is 20.2 Å². The summed E-state index contributed by atoms with van der Waals surface area (Å²) >= 11 is 1.93. The first-order valence-corrected chi connectivity index (χ1v) is 12.7.